The zero-order chi connectivity index (χ0) is 14.8. The predicted molar refractivity (Wildman–Crippen MR) is 82.6 cm³/mol. The average Bonchev–Trinajstić information content (AvgIpc) is 2.75. The van der Waals surface area contributed by atoms with Crippen molar-refractivity contribution in [2.24, 2.45) is 0 Å². The molecule has 1 aliphatic carbocycles. The standard InChI is InChI=1S/C16H23N5/c1-4-17-14-7-5-6-8-15-13(14)10-18-21(15)16-19-11(2)9-12(3)20-16/h9-10,14,17H,4-8H2,1-3H3. The monoisotopic (exact) mass is 285 g/mol. The summed E-state index contributed by atoms with van der Waals surface area (Å²) < 4.78 is 1.94. The third kappa shape index (κ3) is 2.83. The van der Waals surface area contributed by atoms with Gasteiger partial charge in [0.1, 0.15) is 0 Å². The minimum absolute atomic E-state index is 0.409. The number of fused-ring (bicyclic) bond motifs is 1. The summed E-state index contributed by atoms with van der Waals surface area (Å²) >= 11 is 0. The SMILES string of the molecule is CCNC1CCCCc2c1cnn2-c1nc(C)cc(C)n1. The lowest BCUT2D eigenvalue weighted by atomic mass is 10.1. The lowest BCUT2D eigenvalue weighted by Crippen LogP contribution is -2.20. The van der Waals surface area contributed by atoms with Crippen LogP contribution in [-0.4, -0.2) is 26.3 Å². The highest BCUT2D eigenvalue weighted by atomic mass is 15.4. The quantitative estimate of drug-likeness (QED) is 0.881. The summed E-state index contributed by atoms with van der Waals surface area (Å²) in [5, 5.41) is 8.15. The molecule has 0 spiro atoms. The van der Waals surface area contributed by atoms with E-state index in [1.54, 1.807) is 0 Å². The van der Waals surface area contributed by atoms with Crippen molar-refractivity contribution >= 4 is 0 Å². The smallest absolute Gasteiger partial charge is 0.251 e. The summed E-state index contributed by atoms with van der Waals surface area (Å²) in [5.74, 6) is 0.700. The molecule has 1 unspecified atom stereocenters. The van der Waals surface area contributed by atoms with Crippen molar-refractivity contribution in [1.29, 1.82) is 0 Å². The van der Waals surface area contributed by atoms with Crippen LogP contribution >= 0.6 is 0 Å². The van der Waals surface area contributed by atoms with Crippen molar-refractivity contribution in [3.63, 3.8) is 0 Å². The molecule has 5 nitrogen and oxygen atoms in total. The van der Waals surface area contributed by atoms with Crippen LogP contribution in [0.25, 0.3) is 5.95 Å². The zero-order valence-electron chi connectivity index (χ0n) is 13.1. The summed E-state index contributed by atoms with van der Waals surface area (Å²) in [4.78, 5) is 9.11. The van der Waals surface area contributed by atoms with E-state index in [0.29, 0.717) is 12.0 Å². The molecule has 0 saturated heterocycles. The molecule has 1 atom stereocenters. The molecule has 2 heterocycles. The second kappa shape index (κ2) is 5.93. The second-order valence-electron chi connectivity index (χ2n) is 5.77. The number of hydrogen-bond donors (Lipinski definition) is 1. The third-order valence-corrected chi connectivity index (χ3v) is 4.04. The molecule has 2 aromatic rings. The number of aryl methyl sites for hydroxylation is 2. The van der Waals surface area contributed by atoms with E-state index in [9.17, 15) is 0 Å². The van der Waals surface area contributed by atoms with Crippen molar-refractivity contribution < 1.29 is 0 Å². The van der Waals surface area contributed by atoms with Gasteiger partial charge in [-0.05, 0) is 45.7 Å². The minimum atomic E-state index is 0.409. The van der Waals surface area contributed by atoms with E-state index < -0.39 is 0 Å². The fourth-order valence-corrected chi connectivity index (χ4v) is 3.16. The molecule has 21 heavy (non-hydrogen) atoms. The van der Waals surface area contributed by atoms with Crippen molar-refractivity contribution in [3.8, 4) is 5.95 Å². The largest absolute Gasteiger partial charge is 0.310 e. The highest BCUT2D eigenvalue weighted by Gasteiger charge is 2.23. The topological polar surface area (TPSA) is 55.6 Å². The van der Waals surface area contributed by atoms with Gasteiger partial charge >= 0.3 is 0 Å². The molecule has 0 radical (unpaired) electrons. The summed E-state index contributed by atoms with van der Waals surface area (Å²) in [5.41, 5.74) is 4.55. The molecule has 0 fully saturated rings. The average molecular weight is 285 g/mol. The molecule has 1 aliphatic rings. The van der Waals surface area contributed by atoms with Crippen LogP contribution in [0, 0.1) is 13.8 Å². The molecule has 3 rings (SSSR count). The molecule has 0 amide bonds. The van der Waals surface area contributed by atoms with E-state index in [4.69, 9.17) is 0 Å². The van der Waals surface area contributed by atoms with Crippen molar-refractivity contribution in [1.82, 2.24) is 25.1 Å². The van der Waals surface area contributed by atoms with Gasteiger partial charge in [-0.3, -0.25) is 0 Å². The fraction of sp³-hybridized carbons (Fsp3) is 0.562. The number of aromatic nitrogens is 4. The molecule has 2 aromatic heterocycles. The maximum atomic E-state index is 4.58. The third-order valence-electron chi connectivity index (χ3n) is 4.04. The van der Waals surface area contributed by atoms with Gasteiger partial charge in [-0.25, -0.2) is 14.6 Å². The molecule has 5 heteroatoms. The molecule has 0 bridgehead atoms. The lowest BCUT2D eigenvalue weighted by molar-refractivity contribution is 0.503. The molecular formula is C16H23N5. The van der Waals surface area contributed by atoms with Crippen LogP contribution in [0.5, 0.6) is 0 Å². The summed E-state index contributed by atoms with van der Waals surface area (Å²) in [6.07, 6.45) is 6.67. The zero-order valence-corrected chi connectivity index (χ0v) is 13.1. The van der Waals surface area contributed by atoms with Crippen molar-refractivity contribution in [3.05, 3.63) is 34.9 Å². The highest BCUT2D eigenvalue weighted by Crippen LogP contribution is 2.29. The number of nitrogens with zero attached hydrogens (tertiary/aromatic N) is 4. The normalized spacial score (nSPS) is 18.3. The van der Waals surface area contributed by atoms with E-state index in [-0.39, 0.29) is 0 Å². The summed E-state index contributed by atoms with van der Waals surface area (Å²) in [6, 6.07) is 2.40. The van der Waals surface area contributed by atoms with Crippen LogP contribution in [0.15, 0.2) is 12.3 Å². The van der Waals surface area contributed by atoms with Gasteiger partial charge in [-0.1, -0.05) is 13.3 Å². The number of hydrogen-bond acceptors (Lipinski definition) is 4. The highest BCUT2D eigenvalue weighted by molar-refractivity contribution is 5.29. The Morgan fingerprint density at radius 3 is 2.71 bits per heavy atom. The maximum absolute atomic E-state index is 4.58. The van der Waals surface area contributed by atoms with Crippen molar-refractivity contribution in [2.75, 3.05) is 6.54 Å². The Morgan fingerprint density at radius 2 is 2.00 bits per heavy atom. The Labute approximate surface area is 125 Å². The van der Waals surface area contributed by atoms with E-state index in [2.05, 4.69) is 27.3 Å². The Balaban J connectivity index is 2.05. The van der Waals surface area contributed by atoms with Gasteiger partial charge in [0.25, 0.3) is 5.95 Å². The van der Waals surface area contributed by atoms with Gasteiger partial charge in [0.2, 0.25) is 0 Å². The molecule has 0 aliphatic heterocycles. The van der Waals surface area contributed by atoms with Gasteiger partial charge in [0, 0.05) is 23.0 Å². The first kappa shape index (κ1) is 14.2. The molecule has 0 aromatic carbocycles. The van der Waals surface area contributed by atoms with Crippen molar-refractivity contribution in [2.45, 2.75) is 52.5 Å². The van der Waals surface area contributed by atoms with Crippen LogP contribution < -0.4 is 5.32 Å². The fourth-order valence-electron chi connectivity index (χ4n) is 3.16. The molecule has 1 N–H and O–H groups in total. The van der Waals surface area contributed by atoms with Gasteiger partial charge in [-0.2, -0.15) is 5.10 Å². The Bertz CT molecular complexity index is 611. The van der Waals surface area contributed by atoms with Gasteiger partial charge in [0.15, 0.2) is 0 Å². The minimum Gasteiger partial charge on any atom is -0.310 e. The molecule has 0 saturated carbocycles. The lowest BCUT2D eigenvalue weighted by Gasteiger charge is -2.15. The summed E-state index contributed by atoms with van der Waals surface area (Å²) in [7, 11) is 0. The summed E-state index contributed by atoms with van der Waals surface area (Å²) in [6.45, 7) is 7.14. The molecule has 112 valence electrons. The van der Waals surface area contributed by atoms with Gasteiger partial charge < -0.3 is 5.32 Å². The van der Waals surface area contributed by atoms with Crippen LogP contribution in [0.1, 0.15) is 54.9 Å². The van der Waals surface area contributed by atoms with Crippen LogP contribution in [0.4, 0.5) is 0 Å². The Morgan fingerprint density at radius 1 is 1.24 bits per heavy atom. The van der Waals surface area contributed by atoms with E-state index in [1.807, 2.05) is 30.8 Å². The van der Waals surface area contributed by atoms with Gasteiger partial charge in [0.05, 0.1) is 11.9 Å². The number of nitrogens with one attached hydrogen (secondary N) is 1. The maximum Gasteiger partial charge on any atom is 0.251 e. The first-order valence-corrected chi connectivity index (χ1v) is 7.82. The first-order chi connectivity index (χ1) is 10.2. The first-order valence-electron chi connectivity index (χ1n) is 7.82. The Hall–Kier alpha value is -1.75. The van der Waals surface area contributed by atoms with Crippen LogP contribution in [0.3, 0.4) is 0 Å². The van der Waals surface area contributed by atoms with Crippen LogP contribution in [0.2, 0.25) is 0 Å². The van der Waals surface area contributed by atoms with E-state index >= 15 is 0 Å². The van der Waals surface area contributed by atoms with E-state index in [0.717, 1.165) is 24.4 Å². The second-order valence-corrected chi connectivity index (χ2v) is 5.77. The van der Waals surface area contributed by atoms with E-state index in [1.165, 1.54) is 30.5 Å². The Kier molecular flexibility index (Phi) is 4.01. The number of rotatable bonds is 3. The molecular weight excluding hydrogens is 262 g/mol. The van der Waals surface area contributed by atoms with Crippen LogP contribution in [-0.2, 0) is 6.42 Å². The van der Waals surface area contributed by atoms with Gasteiger partial charge in [-0.15, -0.1) is 0 Å². The predicted octanol–water partition coefficient (Wildman–Crippen LogP) is 2.66.